The van der Waals surface area contributed by atoms with Crippen LogP contribution in [0.4, 0.5) is 11.4 Å². The molecule has 0 saturated carbocycles. The van der Waals surface area contributed by atoms with E-state index in [1.54, 1.807) is 30.3 Å². The zero-order valence-corrected chi connectivity index (χ0v) is 11.3. The van der Waals surface area contributed by atoms with Gasteiger partial charge in [-0.3, -0.25) is 14.9 Å². The lowest BCUT2D eigenvalue weighted by molar-refractivity contribution is -0.385. The summed E-state index contributed by atoms with van der Waals surface area (Å²) >= 11 is 0. The number of hydrogen-bond donors (Lipinski definition) is 2. The number of carbonyl (C=O) groups excluding carboxylic acids is 1. The predicted molar refractivity (Wildman–Crippen MR) is 79.9 cm³/mol. The summed E-state index contributed by atoms with van der Waals surface area (Å²) in [6, 6.07) is 15.6. The summed E-state index contributed by atoms with van der Waals surface area (Å²) in [6.45, 7) is 0.348. The Kier molecular flexibility index (Phi) is 5.00. The van der Waals surface area contributed by atoms with Crippen LogP contribution in [-0.4, -0.2) is 17.4 Å². The molecule has 6 heteroatoms. The van der Waals surface area contributed by atoms with Crippen molar-refractivity contribution < 1.29 is 9.72 Å². The van der Waals surface area contributed by atoms with Crippen molar-refractivity contribution in [2.45, 2.75) is 6.54 Å². The molecule has 2 N–H and O–H groups in total. The molecule has 0 atom stereocenters. The number of nitrogens with one attached hydrogen (secondary N) is 2. The Bertz CT molecular complexity index is 629. The molecule has 0 aliphatic heterocycles. The fraction of sp³-hybridized carbons (Fsp3) is 0.133. The quantitative estimate of drug-likeness (QED) is 0.630. The maximum atomic E-state index is 11.7. The van der Waals surface area contributed by atoms with Gasteiger partial charge in [-0.05, 0) is 12.1 Å². The van der Waals surface area contributed by atoms with E-state index in [1.165, 1.54) is 6.07 Å². The van der Waals surface area contributed by atoms with Crippen molar-refractivity contribution in [2.75, 3.05) is 11.9 Å². The maximum absolute atomic E-state index is 11.7. The number of carbonyl (C=O) groups is 1. The summed E-state index contributed by atoms with van der Waals surface area (Å²) in [7, 11) is 0. The molecule has 2 aromatic rings. The monoisotopic (exact) mass is 285 g/mol. The summed E-state index contributed by atoms with van der Waals surface area (Å²) in [4.78, 5) is 22.1. The van der Waals surface area contributed by atoms with E-state index in [2.05, 4.69) is 10.6 Å². The SMILES string of the molecule is O=C(CNCc1ccccc1[N+](=O)[O-])Nc1ccccc1. The van der Waals surface area contributed by atoms with E-state index in [-0.39, 0.29) is 24.7 Å². The van der Waals surface area contributed by atoms with Crippen molar-refractivity contribution in [2.24, 2.45) is 0 Å². The minimum absolute atomic E-state index is 0.0495. The summed E-state index contributed by atoms with van der Waals surface area (Å²) in [5, 5.41) is 16.5. The average molecular weight is 285 g/mol. The first-order valence-corrected chi connectivity index (χ1v) is 6.45. The smallest absolute Gasteiger partial charge is 0.273 e. The number of para-hydroxylation sites is 2. The third-order valence-electron chi connectivity index (χ3n) is 2.85. The number of nitro benzene ring substituents is 1. The zero-order chi connectivity index (χ0) is 15.1. The van der Waals surface area contributed by atoms with Gasteiger partial charge < -0.3 is 10.6 Å². The van der Waals surface area contributed by atoms with Crippen molar-refractivity contribution >= 4 is 17.3 Å². The molecule has 108 valence electrons. The predicted octanol–water partition coefficient (Wildman–Crippen LogP) is 2.32. The van der Waals surface area contributed by atoms with E-state index in [9.17, 15) is 14.9 Å². The molecular weight excluding hydrogens is 270 g/mol. The van der Waals surface area contributed by atoms with E-state index in [0.29, 0.717) is 5.56 Å². The van der Waals surface area contributed by atoms with Crippen LogP contribution in [0, 0.1) is 10.1 Å². The molecule has 0 radical (unpaired) electrons. The van der Waals surface area contributed by atoms with Gasteiger partial charge in [0.1, 0.15) is 0 Å². The highest BCUT2D eigenvalue weighted by molar-refractivity contribution is 5.92. The molecule has 0 unspecified atom stereocenters. The Morgan fingerprint density at radius 2 is 1.71 bits per heavy atom. The Hall–Kier alpha value is -2.73. The van der Waals surface area contributed by atoms with Gasteiger partial charge in [-0.15, -0.1) is 0 Å². The minimum atomic E-state index is -0.430. The van der Waals surface area contributed by atoms with Crippen molar-refractivity contribution in [3.8, 4) is 0 Å². The fourth-order valence-electron chi connectivity index (χ4n) is 1.88. The second-order valence-corrected chi connectivity index (χ2v) is 4.40. The molecule has 0 bridgehead atoms. The molecule has 0 spiro atoms. The molecule has 6 nitrogen and oxygen atoms in total. The summed E-state index contributed by atoms with van der Waals surface area (Å²) in [5.41, 5.74) is 1.32. The lowest BCUT2D eigenvalue weighted by Gasteiger charge is -2.07. The second kappa shape index (κ2) is 7.16. The fourth-order valence-corrected chi connectivity index (χ4v) is 1.88. The Morgan fingerprint density at radius 1 is 1.05 bits per heavy atom. The molecule has 1 amide bonds. The first-order chi connectivity index (χ1) is 10.2. The molecule has 0 fully saturated rings. The Balaban J connectivity index is 1.84. The zero-order valence-electron chi connectivity index (χ0n) is 11.3. The van der Waals surface area contributed by atoms with Crippen LogP contribution < -0.4 is 10.6 Å². The van der Waals surface area contributed by atoms with E-state index in [1.807, 2.05) is 18.2 Å². The number of benzene rings is 2. The van der Waals surface area contributed by atoms with Crippen LogP contribution in [0.25, 0.3) is 0 Å². The van der Waals surface area contributed by atoms with Crippen LogP contribution >= 0.6 is 0 Å². The van der Waals surface area contributed by atoms with Crippen molar-refractivity contribution in [3.63, 3.8) is 0 Å². The first kappa shape index (κ1) is 14.7. The first-order valence-electron chi connectivity index (χ1n) is 6.45. The number of anilines is 1. The molecule has 2 rings (SSSR count). The van der Waals surface area contributed by atoms with Gasteiger partial charge in [0.05, 0.1) is 11.5 Å². The average Bonchev–Trinajstić information content (AvgIpc) is 2.48. The largest absolute Gasteiger partial charge is 0.325 e. The minimum Gasteiger partial charge on any atom is -0.325 e. The summed E-state index contributed by atoms with van der Waals surface area (Å²) < 4.78 is 0. The molecule has 21 heavy (non-hydrogen) atoms. The van der Waals surface area contributed by atoms with Crippen LogP contribution in [0.15, 0.2) is 54.6 Å². The van der Waals surface area contributed by atoms with Gasteiger partial charge in [-0.25, -0.2) is 0 Å². The van der Waals surface area contributed by atoms with E-state index < -0.39 is 4.92 Å². The topological polar surface area (TPSA) is 84.3 Å². The Labute approximate surface area is 121 Å². The van der Waals surface area contributed by atoms with Gasteiger partial charge in [-0.1, -0.05) is 36.4 Å². The third kappa shape index (κ3) is 4.39. The number of amides is 1. The van der Waals surface area contributed by atoms with Crippen molar-refractivity contribution in [1.82, 2.24) is 5.32 Å². The Morgan fingerprint density at radius 3 is 2.43 bits per heavy atom. The summed E-state index contributed by atoms with van der Waals surface area (Å²) in [5.74, 6) is -0.195. The standard InChI is InChI=1S/C15H15N3O3/c19-15(17-13-7-2-1-3-8-13)11-16-10-12-6-4-5-9-14(12)18(20)21/h1-9,16H,10-11H2,(H,17,19). The van der Waals surface area contributed by atoms with Crippen LogP contribution in [-0.2, 0) is 11.3 Å². The van der Waals surface area contributed by atoms with Gasteiger partial charge >= 0.3 is 0 Å². The van der Waals surface area contributed by atoms with Gasteiger partial charge in [0.15, 0.2) is 0 Å². The molecule has 0 aromatic heterocycles. The van der Waals surface area contributed by atoms with Crippen LogP contribution in [0.3, 0.4) is 0 Å². The number of rotatable bonds is 6. The molecule has 2 aromatic carbocycles. The normalized spacial score (nSPS) is 10.1. The van der Waals surface area contributed by atoms with Crippen LogP contribution in [0.2, 0.25) is 0 Å². The molecule has 0 aliphatic carbocycles. The van der Waals surface area contributed by atoms with Crippen LogP contribution in [0.1, 0.15) is 5.56 Å². The number of nitro groups is 1. The van der Waals surface area contributed by atoms with E-state index in [4.69, 9.17) is 0 Å². The number of nitrogens with zero attached hydrogens (tertiary/aromatic N) is 1. The third-order valence-corrected chi connectivity index (χ3v) is 2.85. The lowest BCUT2D eigenvalue weighted by Crippen LogP contribution is -2.27. The summed E-state index contributed by atoms with van der Waals surface area (Å²) in [6.07, 6.45) is 0. The van der Waals surface area contributed by atoms with Gasteiger partial charge in [0.25, 0.3) is 5.69 Å². The molecule has 0 aliphatic rings. The highest BCUT2D eigenvalue weighted by atomic mass is 16.6. The van der Waals surface area contributed by atoms with Crippen molar-refractivity contribution in [1.29, 1.82) is 0 Å². The van der Waals surface area contributed by atoms with Gasteiger partial charge in [-0.2, -0.15) is 0 Å². The molecule has 0 saturated heterocycles. The highest BCUT2D eigenvalue weighted by Gasteiger charge is 2.12. The number of hydrogen-bond acceptors (Lipinski definition) is 4. The molecular formula is C15H15N3O3. The lowest BCUT2D eigenvalue weighted by atomic mass is 10.2. The molecule has 0 heterocycles. The van der Waals surface area contributed by atoms with E-state index >= 15 is 0 Å². The van der Waals surface area contributed by atoms with Gasteiger partial charge in [0, 0.05) is 23.9 Å². The highest BCUT2D eigenvalue weighted by Crippen LogP contribution is 2.16. The maximum Gasteiger partial charge on any atom is 0.273 e. The van der Waals surface area contributed by atoms with Crippen molar-refractivity contribution in [3.05, 3.63) is 70.3 Å². The van der Waals surface area contributed by atoms with Crippen LogP contribution in [0.5, 0.6) is 0 Å². The second-order valence-electron chi connectivity index (χ2n) is 4.40. The van der Waals surface area contributed by atoms with E-state index in [0.717, 1.165) is 5.69 Å². The van der Waals surface area contributed by atoms with Gasteiger partial charge in [0.2, 0.25) is 5.91 Å².